The molecule has 122 valence electrons. The fourth-order valence-electron chi connectivity index (χ4n) is 1.98. The van der Waals surface area contributed by atoms with Crippen LogP contribution < -0.4 is 15.9 Å². The highest BCUT2D eigenvalue weighted by Crippen LogP contribution is 2.10. The lowest BCUT2D eigenvalue weighted by Crippen LogP contribution is -2.37. The molecule has 0 fully saturated rings. The number of hydrogen-bond donors (Lipinski definition) is 0. The summed E-state index contributed by atoms with van der Waals surface area (Å²) in [5, 5.41) is 9.04. The van der Waals surface area contributed by atoms with Gasteiger partial charge in [-0.3, -0.25) is 9.13 Å². The Labute approximate surface area is 139 Å². The lowest BCUT2D eigenvalue weighted by atomic mass is 10.1. The van der Waals surface area contributed by atoms with Gasteiger partial charge in [-0.2, -0.15) is 5.10 Å². The van der Waals surface area contributed by atoms with Crippen LogP contribution in [0.3, 0.4) is 0 Å². The van der Waals surface area contributed by atoms with Crippen LogP contribution in [0.2, 0.25) is 5.02 Å². The second-order valence-electron chi connectivity index (χ2n) is 4.97. The molecule has 0 amide bonds. The molecular weight excluding hydrogens is 316 g/mol. The van der Waals surface area contributed by atoms with Gasteiger partial charge < -0.3 is 4.74 Å². The van der Waals surface area contributed by atoms with Crippen molar-refractivity contribution in [3.05, 3.63) is 56.9 Å². The average molecular weight is 335 g/mol. The van der Waals surface area contributed by atoms with Crippen molar-refractivity contribution in [2.45, 2.75) is 13.8 Å². The molecule has 0 spiro atoms. The molecular formula is C16H19ClN4O2. The molecule has 0 saturated heterocycles. The third kappa shape index (κ3) is 3.90. The van der Waals surface area contributed by atoms with Crippen molar-refractivity contribution in [2.24, 2.45) is 24.3 Å². The number of halogens is 1. The molecule has 0 aliphatic heterocycles. The summed E-state index contributed by atoms with van der Waals surface area (Å²) in [6, 6.07) is 9.00. The molecule has 0 aliphatic rings. The van der Waals surface area contributed by atoms with Crippen LogP contribution in [0.15, 0.2) is 45.3 Å². The minimum atomic E-state index is -0.228. The van der Waals surface area contributed by atoms with E-state index < -0.39 is 0 Å². The quantitative estimate of drug-likeness (QED) is 0.635. The lowest BCUT2D eigenvalue weighted by molar-refractivity contribution is 0.305. The summed E-state index contributed by atoms with van der Waals surface area (Å²) in [5.74, 6) is 0.452. The summed E-state index contributed by atoms with van der Waals surface area (Å²) >= 11 is 5.87. The van der Waals surface area contributed by atoms with Gasteiger partial charge in [0.1, 0.15) is 0 Å². The van der Waals surface area contributed by atoms with Crippen LogP contribution in [0.1, 0.15) is 19.4 Å². The Hall–Kier alpha value is -2.34. The van der Waals surface area contributed by atoms with Gasteiger partial charge in [-0.25, -0.2) is 4.79 Å². The molecule has 0 aliphatic carbocycles. The van der Waals surface area contributed by atoms with E-state index in [2.05, 4.69) is 10.2 Å². The van der Waals surface area contributed by atoms with Gasteiger partial charge in [-0.05, 0) is 31.5 Å². The lowest BCUT2D eigenvalue weighted by Gasteiger charge is -2.10. The molecule has 1 aromatic carbocycles. The molecule has 1 heterocycles. The number of rotatable bonds is 4. The second-order valence-corrected chi connectivity index (χ2v) is 5.40. The summed E-state index contributed by atoms with van der Waals surface area (Å²) in [4.78, 5) is 12.2. The number of aromatic nitrogens is 2. The van der Waals surface area contributed by atoms with Gasteiger partial charge in [0.15, 0.2) is 5.49 Å². The van der Waals surface area contributed by atoms with Crippen LogP contribution in [-0.4, -0.2) is 21.5 Å². The smallest absolute Gasteiger partial charge is 0.332 e. The zero-order valence-corrected chi connectivity index (χ0v) is 14.3. The number of hydrogen-bond acceptors (Lipinski definition) is 4. The fourth-order valence-corrected chi connectivity index (χ4v) is 2.10. The van der Waals surface area contributed by atoms with Crippen molar-refractivity contribution >= 4 is 17.3 Å². The van der Waals surface area contributed by atoms with Crippen LogP contribution >= 0.6 is 11.6 Å². The molecule has 7 heteroatoms. The standard InChI is InChI=1S/C16H19ClN4O2/c1-5-23-15-10-14(20(3)16(22)21(15)4)19-18-11(2)12-6-8-13(17)9-7-12/h6-10H,5H2,1-4H3/b18-11+,19-14+. The van der Waals surface area contributed by atoms with Crippen molar-refractivity contribution in [2.75, 3.05) is 6.61 Å². The van der Waals surface area contributed by atoms with E-state index in [4.69, 9.17) is 16.3 Å². The zero-order valence-electron chi connectivity index (χ0n) is 13.6. The molecule has 2 aromatic rings. The topological polar surface area (TPSA) is 60.9 Å². The zero-order chi connectivity index (χ0) is 17.0. The molecule has 0 unspecified atom stereocenters. The van der Waals surface area contributed by atoms with Crippen molar-refractivity contribution in [1.29, 1.82) is 0 Å². The SMILES string of the molecule is CCOc1c/c(=N\N=C(/C)c2ccc(Cl)cc2)n(C)c(=O)n1C. The van der Waals surface area contributed by atoms with E-state index in [1.165, 1.54) is 9.13 Å². The molecule has 23 heavy (non-hydrogen) atoms. The van der Waals surface area contributed by atoms with Gasteiger partial charge in [0.25, 0.3) is 0 Å². The Balaban J connectivity index is 2.48. The third-order valence-corrected chi connectivity index (χ3v) is 3.61. The van der Waals surface area contributed by atoms with Crippen LogP contribution in [0.5, 0.6) is 5.88 Å². The van der Waals surface area contributed by atoms with E-state index in [0.29, 0.717) is 23.0 Å². The second kappa shape index (κ2) is 7.28. The minimum Gasteiger partial charge on any atom is -0.479 e. The van der Waals surface area contributed by atoms with Crippen LogP contribution in [0, 0.1) is 0 Å². The van der Waals surface area contributed by atoms with Gasteiger partial charge in [0.05, 0.1) is 12.3 Å². The first-order valence-corrected chi connectivity index (χ1v) is 7.56. The summed E-state index contributed by atoms with van der Waals surface area (Å²) < 4.78 is 8.29. The predicted molar refractivity (Wildman–Crippen MR) is 91.0 cm³/mol. The summed E-state index contributed by atoms with van der Waals surface area (Å²) in [6.07, 6.45) is 0. The Bertz CT molecular complexity index is 848. The van der Waals surface area contributed by atoms with E-state index in [1.54, 1.807) is 32.3 Å². The van der Waals surface area contributed by atoms with Gasteiger partial charge >= 0.3 is 5.69 Å². The molecule has 0 bridgehead atoms. The normalized spacial score (nSPS) is 12.6. The van der Waals surface area contributed by atoms with Crippen LogP contribution in [0.4, 0.5) is 0 Å². The predicted octanol–water partition coefficient (Wildman–Crippen LogP) is 2.10. The maximum atomic E-state index is 12.2. The molecule has 1 aromatic heterocycles. The first kappa shape index (κ1) is 17.0. The molecule has 2 rings (SSSR count). The molecule has 0 radical (unpaired) electrons. The largest absolute Gasteiger partial charge is 0.479 e. The van der Waals surface area contributed by atoms with E-state index in [9.17, 15) is 4.79 Å². The highest BCUT2D eigenvalue weighted by molar-refractivity contribution is 6.30. The van der Waals surface area contributed by atoms with E-state index in [1.807, 2.05) is 26.0 Å². The summed E-state index contributed by atoms with van der Waals surface area (Å²) in [7, 11) is 3.30. The Morgan fingerprint density at radius 3 is 2.48 bits per heavy atom. The summed E-state index contributed by atoms with van der Waals surface area (Å²) in [6.45, 7) is 4.17. The Kier molecular flexibility index (Phi) is 5.39. The maximum Gasteiger partial charge on any atom is 0.332 e. The Morgan fingerprint density at radius 2 is 1.87 bits per heavy atom. The van der Waals surface area contributed by atoms with Gasteiger partial charge in [0, 0.05) is 25.2 Å². The highest BCUT2D eigenvalue weighted by Gasteiger charge is 2.05. The average Bonchev–Trinajstić information content (AvgIpc) is 2.54. The number of ether oxygens (including phenoxy) is 1. The maximum absolute atomic E-state index is 12.2. The molecule has 0 saturated carbocycles. The monoisotopic (exact) mass is 334 g/mol. The third-order valence-electron chi connectivity index (χ3n) is 3.36. The van der Waals surface area contributed by atoms with Gasteiger partial charge in [-0.15, -0.1) is 5.10 Å². The van der Waals surface area contributed by atoms with E-state index >= 15 is 0 Å². The molecule has 0 atom stereocenters. The molecule has 0 N–H and O–H groups in total. The van der Waals surface area contributed by atoms with Gasteiger partial charge in [-0.1, -0.05) is 23.7 Å². The fraction of sp³-hybridized carbons (Fsp3) is 0.312. The highest BCUT2D eigenvalue weighted by atomic mass is 35.5. The van der Waals surface area contributed by atoms with Crippen molar-refractivity contribution in [3.63, 3.8) is 0 Å². The van der Waals surface area contributed by atoms with Crippen LogP contribution in [-0.2, 0) is 14.1 Å². The summed E-state index contributed by atoms with van der Waals surface area (Å²) in [5.41, 5.74) is 1.83. The number of nitrogens with zero attached hydrogens (tertiary/aromatic N) is 4. The van der Waals surface area contributed by atoms with Crippen molar-refractivity contribution in [3.8, 4) is 5.88 Å². The number of benzene rings is 1. The van der Waals surface area contributed by atoms with E-state index in [-0.39, 0.29) is 5.69 Å². The first-order valence-electron chi connectivity index (χ1n) is 7.18. The van der Waals surface area contributed by atoms with E-state index in [0.717, 1.165) is 11.3 Å². The van der Waals surface area contributed by atoms with Crippen molar-refractivity contribution < 1.29 is 4.74 Å². The van der Waals surface area contributed by atoms with Crippen molar-refractivity contribution in [1.82, 2.24) is 9.13 Å². The Morgan fingerprint density at radius 1 is 1.22 bits per heavy atom. The van der Waals surface area contributed by atoms with Crippen LogP contribution in [0.25, 0.3) is 0 Å². The molecule has 6 nitrogen and oxygen atoms in total. The first-order chi connectivity index (χ1) is 10.9. The van der Waals surface area contributed by atoms with Gasteiger partial charge in [0.2, 0.25) is 5.88 Å². The minimum absolute atomic E-state index is 0.228.